The molecule has 3 aromatic rings. The van der Waals surface area contributed by atoms with Crippen molar-refractivity contribution in [3.05, 3.63) is 46.2 Å². The van der Waals surface area contributed by atoms with E-state index >= 15 is 0 Å². The van der Waals surface area contributed by atoms with Crippen LogP contribution in [-0.2, 0) is 12.8 Å². The summed E-state index contributed by atoms with van der Waals surface area (Å²) in [6.45, 7) is 4.26. The van der Waals surface area contributed by atoms with Gasteiger partial charge in [-0.1, -0.05) is 49.4 Å². The normalized spacial score (nSPS) is 17.8. The zero-order chi connectivity index (χ0) is 14.4. The van der Waals surface area contributed by atoms with Crippen molar-refractivity contribution in [2.75, 3.05) is 0 Å². The molecule has 0 aliphatic heterocycles. The largest absolute Gasteiger partial charge is 0.234 e. The van der Waals surface area contributed by atoms with E-state index in [9.17, 15) is 0 Å². The lowest BCUT2D eigenvalue weighted by Crippen LogP contribution is -2.01. The molecule has 1 aliphatic carbocycles. The number of aromatic nitrogens is 4. The predicted molar refractivity (Wildman–Crippen MR) is 84.0 cm³/mol. The van der Waals surface area contributed by atoms with Gasteiger partial charge in [0.25, 0.3) is 0 Å². The molecular formula is C16H18N4S. The molecule has 4 nitrogen and oxygen atoms in total. The second kappa shape index (κ2) is 4.91. The first-order chi connectivity index (χ1) is 10.2. The van der Waals surface area contributed by atoms with E-state index in [0.717, 1.165) is 17.2 Å². The van der Waals surface area contributed by atoms with E-state index in [0.29, 0.717) is 11.8 Å². The van der Waals surface area contributed by atoms with E-state index in [4.69, 9.17) is 5.10 Å². The molecule has 0 N–H and O–H groups in total. The van der Waals surface area contributed by atoms with E-state index < -0.39 is 0 Å². The maximum absolute atomic E-state index is 4.74. The highest BCUT2D eigenvalue weighted by Crippen LogP contribution is 2.36. The van der Waals surface area contributed by atoms with Gasteiger partial charge in [-0.2, -0.15) is 9.61 Å². The smallest absolute Gasteiger partial charge is 0.187 e. The summed E-state index contributed by atoms with van der Waals surface area (Å²) >= 11 is 1.68. The van der Waals surface area contributed by atoms with Crippen molar-refractivity contribution in [3.8, 4) is 0 Å². The van der Waals surface area contributed by atoms with Gasteiger partial charge < -0.3 is 0 Å². The van der Waals surface area contributed by atoms with Gasteiger partial charge in [-0.25, -0.2) is 0 Å². The third kappa shape index (κ3) is 2.16. The van der Waals surface area contributed by atoms with E-state index in [-0.39, 0.29) is 0 Å². The van der Waals surface area contributed by atoms with Crippen molar-refractivity contribution >= 4 is 16.3 Å². The van der Waals surface area contributed by atoms with Gasteiger partial charge in [-0.3, -0.25) is 0 Å². The molecule has 1 atom stereocenters. The Hall–Kier alpha value is -1.75. The summed E-state index contributed by atoms with van der Waals surface area (Å²) in [5, 5.41) is 14.4. The Bertz CT molecular complexity index is 787. The average molecular weight is 298 g/mol. The molecule has 108 valence electrons. The molecule has 1 aliphatic rings. The Morgan fingerprint density at radius 1 is 1.29 bits per heavy atom. The van der Waals surface area contributed by atoms with Crippen LogP contribution in [-0.4, -0.2) is 19.8 Å². The van der Waals surface area contributed by atoms with E-state index in [2.05, 4.69) is 48.3 Å². The van der Waals surface area contributed by atoms with Crippen LogP contribution < -0.4 is 0 Å². The summed E-state index contributed by atoms with van der Waals surface area (Å²) in [6, 6.07) is 8.81. The second-order valence-corrected chi connectivity index (χ2v) is 7.08. The predicted octanol–water partition coefficient (Wildman–Crippen LogP) is 3.58. The van der Waals surface area contributed by atoms with E-state index in [1.807, 2.05) is 4.52 Å². The fourth-order valence-electron chi connectivity index (χ4n) is 3.18. The zero-order valence-corrected chi connectivity index (χ0v) is 13.1. The maximum Gasteiger partial charge on any atom is 0.234 e. The lowest BCUT2D eigenvalue weighted by Gasteiger charge is -2.08. The monoisotopic (exact) mass is 298 g/mol. The van der Waals surface area contributed by atoms with Crippen molar-refractivity contribution < 1.29 is 0 Å². The van der Waals surface area contributed by atoms with Gasteiger partial charge >= 0.3 is 0 Å². The topological polar surface area (TPSA) is 43.1 Å². The molecule has 2 heterocycles. The molecule has 0 saturated carbocycles. The fraction of sp³-hybridized carbons (Fsp3) is 0.438. The number of fused-ring (bicyclic) bond motifs is 2. The first-order valence-corrected chi connectivity index (χ1v) is 8.33. The molecule has 1 unspecified atom stereocenters. The summed E-state index contributed by atoms with van der Waals surface area (Å²) in [5.41, 5.74) is 3.01. The van der Waals surface area contributed by atoms with Crippen molar-refractivity contribution in [1.29, 1.82) is 0 Å². The van der Waals surface area contributed by atoms with Gasteiger partial charge in [0.1, 0.15) is 5.01 Å². The molecule has 0 amide bonds. The number of aryl methyl sites for hydroxylation is 1. The van der Waals surface area contributed by atoms with Crippen molar-refractivity contribution in [1.82, 2.24) is 19.8 Å². The summed E-state index contributed by atoms with van der Waals surface area (Å²) in [6.07, 6.45) is 3.45. The Balaban J connectivity index is 1.64. The number of hydrogen-bond acceptors (Lipinski definition) is 4. The first-order valence-electron chi connectivity index (χ1n) is 7.51. The standard InChI is InChI=1S/C16H18N4S/c1-10(2)15-17-18-16-20(15)19-14(21-16)9-12-8-7-11-5-3-4-6-13(11)12/h3-6,10,12H,7-9H2,1-2H3. The maximum atomic E-state index is 4.74. The Labute approximate surface area is 127 Å². The summed E-state index contributed by atoms with van der Waals surface area (Å²) in [7, 11) is 0. The van der Waals surface area contributed by atoms with Gasteiger partial charge in [-0.15, -0.1) is 10.2 Å². The minimum absolute atomic E-state index is 0.349. The molecule has 2 aromatic heterocycles. The van der Waals surface area contributed by atoms with Crippen LogP contribution in [0.3, 0.4) is 0 Å². The molecule has 1 aromatic carbocycles. The van der Waals surface area contributed by atoms with Gasteiger partial charge in [-0.05, 0) is 29.9 Å². The van der Waals surface area contributed by atoms with Crippen LogP contribution in [0, 0.1) is 0 Å². The third-order valence-corrected chi connectivity index (χ3v) is 5.17. The van der Waals surface area contributed by atoms with Crippen molar-refractivity contribution in [2.24, 2.45) is 0 Å². The van der Waals surface area contributed by atoms with Crippen LogP contribution in [0.25, 0.3) is 4.96 Å². The highest BCUT2D eigenvalue weighted by atomic mass is 32.1. The van der Waals surface area contributed by atoms with Gasteiger partial charge in [0, 0.05) is 12.3 Å². The molecule has 0 fully saturated rings. The van der Waals surface area contributed by atoms with Gasteiger partial charge in [0.2, 0.25) is 4.96 Å². The van der Waals surface area contributed by atoms with E-state index in [1.54, 1.807) is 11.3 Å². The highest BCUT2D eigenvalue weighted by Gasteiger charge is 2.24. The van der Waals surface area contributed by atoms with Crippen LogP contribution in [0.15, 0.2) is 24.3 Å². The van der Waals surface area contributed by atoms with Crippen LogP contribution in [0.1, 0.15) is 54.1 Å². The minimum Gasteiger partial charge on any atom is -0.187 e. The molecule has 5 heteroatoms. The number of benzene rings is 1. The van der Waals surface area contributed by atoms with Crippen molar-refractivity contribution in [2.45, 2.75) is 44.9 Å². The van der Waals surface area contributed by atoms with Crippen LogP contribution in [0.5, 0.6) is 0 Å². The Morgan fingerprint density at radius 2 is 2.14 bits per heavy atom. The summed E-state index contributed by atoms with van der Waals surface area (Å²) in [5.74, 6) is 1.91. The van der Waals surface area contributed by atoms with E-state index in [1.165, 1.54) is 29.0 Å². The average Bonchev–Trinajstić information content (AvgIpc) is 3.13. The summed E-state index contributed by atoms with van der Waals surface area (Å²) in [4.78, 5) is 0.917. The quantitative estimate of drug-likeness (QED) is 0.742. The molecule has 0 radical (unpaired) electrons. The van der Waals surface area contributed by atoms with Crippen LogP contribution >= 0.6 is 11.3 Å². The van der Waals surface area contributed by atoms with Crippen molar-refractivity contribution in [3.63, 3.8) is 0 Å². The lowest BCUT2D eigenvalue weighted by atomic mass is 9.98. The third-order valence-electron chi connectivity index (χ3n) is 4.25. The second-order valence-electron chi connectivity index (χ2n) is 6.04. The van der Waals surface area contributed by atoms with Gasteiger partial charge in [0.05, 0.1) is 0 Å². The molecule has 0 spiro atoms. The molecular weight excluding hydrogens is 280 g/mol. The summed E-state index contributed by atoms with van der Waals surface area (Å²) < 4.78 is 1.92. The molecule has 0 bridgehead atoms. The van der Waals surface area contributed by atoms with Gasteiger partial charge in [0.15, 0.2) is 5.82 Å². The first kappa shape index (κ1) is 13.0. The lowest BCUT2D eigenvalue weighted by molar-refractivity contribution is 0.654. The highest BCUT2D eigenvalue weighted by molar-refractivity contribution is 7.16. The molecule has 21 heavy (non-hydrogen) atoms. The number of nitrogens with zero attached hydrogens (tertiary/aromatic N) is 4. The SMILES string of the molecule is CC(C)c1nnc2sc(CC3CCc4ccccc43)nn12. The number of hydrogen-bond donors (Lipinski definition) is 0. The zero-order valence-electron chi connectivity index (χ0n) is 12.3. The fourth-order valence-corrected chi connectivity index (χ4v) is 4.10. The van der Waals surface area contributed by atoms with Crippen LogP contribution in [0.2, 0.25) is 0 Å². The molecule has 4 rings (SSSR count). The molecule has 0 saturated heterocycles. The Kier molecular flexibility index (Phi) is 3.03. The Morgan fingerprint density at radius 3 is 3.00 bits per heavy atom. The minimum atomic E-state index is 0.349. The van der Waals surface area contributed by atoms with Crippen LogP contribution in [0.4, 0.5) is 0 Å². The number of rotatable bonds is 3.